The molecule has 0 spiro atoms. The van der Waals surface area contributed by atoms with Gasteiger partial charge in [-0.2, -0.15) is 4.31 Å². The van der Waals surface area contributed by atoms with Crippen LogP contribution in [0, 0.1) is 12.8 Å². The van der Waals surface area contributed by atoms with Crippen LogP contribution in [0.5, 0.6) is 0 Å². The van der Waals surface area contributed by atoms with E-state index in [0.29, 0.717) is 21.5 Å². The summed E-state index contributed by atoms with van der Waals surface area (Å²) in [6.07, 6.45) is 2.15. The second kappa shape index (κ2) is 4.99. The van der Waals surface area contributed by atoms with Gasteiger partial charge >= 0.3 is 0 Å². The second-order valence-corrected chi connectivity index (χ2v) is 9.44. The van der Waals surface area contributed by atoms with E-state index in [9.17, 15) is 8.42 Å². The third-order valence-electron chi connectivity index (χ3n) is 3.07. The molecular weight excluding hydrogens is 322 g/mol. The first kappa shape index (κ1) is 13.5. The zero-order valence-electron chi connectivity index (χ0n) is 9.89. The van der Waals surface area contributed by atoms with E-state index in [1.165, 1.54) is 15.6 Å². The fraction of sp³-hybridized carbons (Fsp3) is 0.636. The number of sulfonamides is 1. The highest BCUT2D eigenvalue weighted by Crippen LogP contribution is 2.34. The summed E-state index contributed by atoms with van der Waals surface area (Å²) in [7, 11) is -1.60. The number of alkyl halides is 1. The molecule has 0 bridgehead atoms. The SMILES string of the molecule is Cc1ccc(S(=O)(=O)N(C)CC2CC(Br)C2)s1. The van der Waals surface area contributed by atoms with Crippen molar-refractivity contribution in [3.05, 3.63) is 17.0 Å². The minimum atomic E-state index is -3.27. The van der Waals surface area contributed by atoms with Crippen LogP contribution in [0.3, 0.4) is 0 Å². The number of nitrogens with zero attached hydrogens (tertiary/aromatic N) is 1. The van der Waals surface area contributed by atoms with Gasteiger partial charge in [0, 0.05) is 23.3 Å². The number of hydrogen-bond donors (Lipinski definition) is 0. The van der Waals surface area contributed by atoms with Gasteiger partial charge in [-0.1, -0.05) is 15.9 Å². The standard InChI is InChI=1S/C11H16BrNO2S2/c1-8-3-4-11(16-8)17(14,15)13(2)7-9-5-10(12)6-9/h3-4,9-10H,5-7H2,1-2H3. The molecule has 1 fully saturated rings. The second-order valence-electron chi connectivity index (χ2n) is 4.59. The lowest BCUT2D eigenvalue weighted by Crippen LogP contribution is -2.37. The molecule has 96 valence electrons. The molecule has 1 aromatic heterocycles. The first-order valence-corrected chi connectivity index (χ1v) is 8.73. The van der Waals surface area contributed by atoms with Gasteiger partial charge in [0.25, 0.3) is 10.0 Å². The minimum absolute atomic E-state index is 0.451. The van der Waals surface area contributed by atoms with Gasteiger partial charge in [-0.15, -0.1) is 11.3 Å². The Kier molecular flexibility index (Phi) is 3.97. The van der Waals surface area contributed by atoms with Gasteiger partial charge in [0.1, 0.15) is 4.21 Å². The molecule has 2 rings (SSSR count). The highest BCUT2D eigenvalue weighted by molar-refractivity contribution is 9.09. The number of hydrogen-bond acceptors (Lipinski definition) is 3. The Morgan fingerprint density at radius 1 is 1.47 bits per heavy atom. The van der Waals surface area contributed by atoms with Crippen molar-refractivity contribution in [2.75, 3.05) is 13.6 Å². The Bertz CT molecular complexity index is 491. The third kappa shape index (κ3) is 2.92. The molecule has 0 aromatic carbocycles. The fourth-order valence-corrected chi connectivity index (χ4v) is 5.77. The summed E-state index contributed by atoms with van der Waals surface area (Å²) in [4.78, 5) is 1.61. The number of thiophene rings is 1. The van der Waals surface area contributed by atoms with E-state index in [-0.39, 0.29) is 0 Å². The Morgan fingerprint density at radius 3 is 2.59 bits per heavy atom. The summed E-state index contributed by atoms with van der Waals surface area (Å²) >= 11 is 4.86. The summed E-state index contributed by atoms with van der Waals surface area (Å²) in [5, 5.41) is 0. The lowest BCUT2D eigenvalue weighted by Gasteiger charge is -2.33. The van der Waals surface area contributed by atoms with Gasteiger partial charge < -0.3 is 0 Å². The van der Waals surface area contributed by atoms with Gasteiger partial charge in [-0.3, -0.25) is 0 Å². The molecule has 0 saturated heterocycles. The van der Waals surface area contributed by atoms with Crippen molar-refractivity contribution < 1.29 is 8.42 Å². The molecule has 3 nitrogen and oxygen atoms in total. The number of aryl methyl sites for hydroxylation is 1. The molecule has 6 heteroatoms. The molecule has 1 saturated carbocycles. The van der Waals surface area contributed by atoms with Crippen LogP contribution in [-0.4, -0.2) is 31.1 Å². The normalized spacial score (nSPS) is 24.9. The van der Waals surface area contributed by atoms with Gasteiger partial charge in [0.15, 0.2) is 0 Å². The largest absolute Gasteiger partial charge is 0.252 e. The number of rotatable bonds is 4. The highest BCUT2D eigenvalue weighted by Gasteiger charge is 2.31. The topological polar surface area (TPSA) is 37.4 Å². The van der Waals surface area contributed by atoms with Crippen molar-refractivity contribution in [2.45, 2.75) is 28.8 Å². The smallest absolute Gasteiger partial charge is 0.206 e. The zero-order valence-corrected chi connectivity index (χ0v) is 13.1. The summed E-state index contributed by atoms with van der Waals surface area (Å²) in [6, 6.07) is 3.54. The van der Waals surface area contributed by atoms with Crippen LogP contribution in [0.1, 0.15) is 17.7 Å². The molecular formula is C11H16BrNO2S2. The van der Waals surface area contributed by atoms with Crippen LogP contribution in [0.2, 0.25) is 0 Å². The van der Waals surface area contributed by atoms with Crippen molar-refractivity contribution in [2.24, 2.45) is 5.92 Å². The van der Waals surface area contributed by atoms with E-state index in [0.717, 1.165) is 17.7 Å². The van der Waals surface area contributed by atoms with Crippen LogP contribution in [0.15, 0.2) is 16.3 Å². The van der Waals surface area contributed by atoms with E-state index in [1.807, 2.05) is 13.0 Å². The average Bonchev–Trinajstić information content (AvgIpc) is 2.63. The highest BCUT2D eigenvalue weighted by atomic mass is 79.9. The van der Waals surface area contributed by atoms with E-state index in [4.69, 9.17) is 0 Å². The molecule has 0 aliphatic heterocycles. The minimum Gasteiger partial charge on any atom is -0.206 e. The predicted octanol–water partition coefficient (Wildman–Crippen LogP) is 2.85. The van der Waals surface area contributed by atoms with E-state index in [1.54, 1.807) is 13.1 Å². The monoisotopic (exact) mass is 337 g/mol. The van der Waals surface area contributed by atoms with Crippen LogP contribution in [0.25, 0.3) is 0 Å². The Balaban J connectivity index is 2.05. The molecule has 0 N–H and O–H groups in total. The molecule has 1 aliphatic rings. The van der Waals surface area contributed by atoms with Gasteiger partial charge in [0.2, 0.25) is 0 Å². The molecule has 0 radical (unpaired) electrons. The van der Waals surface area contributed by atoms with Crippen molar-refractivity contribution in [3.63, 3.8) is 0 Å². The maximum Gasteiger partial charge on any atom is 0.252 e. The van der Waals surface area contributed by atoms with Gasteiger partial charge in [-0.25, -0.2) is 8.42 Å². The zero-order chi connectivity index (χ0) is 12.6. The summed E-state index contributed by atoms with van der Waals surface area (Å²) < 4.78 is 26.4. The molecule has 0 unspecified atom stereocenters. The van der Waals surface area contributed by atoms with Crippen molar-refractivity contribution in [1.29, 1.82) is 0 Å². The van der Waals surface area contributed by atoms with Gasteiger partial charge in [0.05, 0.1) is 0 Å². The predicted molar refractivity (Wildman–Crippen MR) is 74.3 cm³/mol. The molecule has 1 aromatic rings. The lowest BCUT2D eigenvalue weighted by atomic mass is 9.85. The summed E-state index contributed by atoms with van der Waals surface area (Å²) in [6.45, 7) is 2.55. The number of halogens is 1. The average molecular weight is 338 g/mol. The van der Waals surface area contributed by atoms with Crippen molar-refractivity contribution in [1.82, 2.24) is 4.31 Å². The fourth-order valence-electron chi connectivity index (χ4n) is 1.97. The van der Waals surface area contributed by atoms with Crippen LogP contribution < -0.4 is 0 Å². The molecule has 0 atom stereocenters. The summed E-state index contributed by atoms with van der Waals surface area (Å²) in [5.41, 5.74) is 0. The Hall–Kier alpha value is 0.0900. The van der Waals surface area contributed by atoms with Crippen molar-refractivity contribution in [3.8, 4) is 0 Å². The maximum absolute atomic E-state index is 12.2. The van der Waals surface area contributed by atoms with Crippen LogP contribution in [-0.2, 0) is 10.0 Å². The first-order chi connectivity index (χ1) is 7.89. The van der Waals surface area contributed by atoms with E-state index < -0.39 is 10.0 Å². The molecule has 17 heavy (non-hydrogen) atoms. The third-order valence-corrected chi connectivity index (χ3v) is 7.11. The van der Waals surface area contributed by atoms with Gasteiger partial charge in [-0.05, 0) is 37.8 Å². The van der Waals surface area contributed by atoms with Crippen LogP contribution >= 0.6 is 27.3 Å². The Morgan fingerprint density at radius 2 is 2.12 bits per heavy atom. The summed E-state index contributed by atoms with van der Waals surface area (Å²) in [5.74, 6) is 0.500. The molecule has 1 heterocycles. The van der Waals surface area contributed by atoms with E-state index >= 15 is 0 Å². The molecule has 0 amide bonds. The van der Waals surface area contributed by atoms with Crippen LogP contribution in [0.4, 0.5) is 0 Å². The first-order valence-electron chi connectivity index (χ1n) is 5.56. The van der Waals surface area contributed by atoms with E-state index in [2.05, 4.69) is 15.9 Å². The quantitative estimate of drug-likeness (QED) is 0.792. The lowest BCUT2D eigenvalue weighted by molar-refractivity contribution is 0.275. The molecule has 1 aliphatic carbocycles. The Labute approximate surface area is 115 Å². The van der Waals surface area contributed by atoms with Crippen molar-refractivity contribution >= 4 is 37.3 Å². The maximum atomic E-state index is 12.2.